The van der Waals surface area contributed by atoms with Crippen molar-refractivity contribution in [3.05, 3.63) is 29.7 Å². The molecule has 0 amide bonds. The molecule has 1 N–H and O–H groups in total. The van der Waals surface area contributed by atoms with Crippen LogP contribution in [0.25, 0.3) is 10.9 Å². The summed E-state index contributed by atoms with van der Waals surface area (Å²) in [5.41, 5.74) is 1.25. The fourth-order valence-corrected chi connectivity index (χ4v) is 1.83. The van der Waals surface area contributed by atoms with Gasteiger partial charge in [0.25, 0.3) is 0 Å². The van der Waals surface area contributed by atoms with Gasteiger partial charge in [-0.25, -0.2) is 9.97 Å². The number of rotatable bonds is 3. The van der Waals surface area contributed by atoms with Gasteiger partial charge in [0.15, 0.2) is 0 Å². The highest BCUT2D eigenvalue weighted by Crippen LogP contribution is 2.26. The molecule has 0 saturated heterocycles. The number of fused-ring (bicyclic) bond motifs is 1. The van der Waals surface area contributed by atoms with E-state index in [9.17, 15) is 4.79 Å². The van der Waals surface area contributed by atoms with E-state index in [0.29, 0.717) is 17.3 Å². The topological polar surface area (TPSA) is 72.3 Å². The second kappa shape index (κ2) is 4.60. The van der Waals surface area contributed by atoms with Crippen molar-refractivity contribution in [3.63, 3.8) is 0 Å². The molecule has 1 aromatic carbocycles. The summed E-state index contributed by atoms with van der Waals surface area (Å²) in [6.45, 7) is 3.37. The van der Waals surface area contributed by atoms with Crippen molar-refractivity contribution < 1.29 is 14.6 Å². The third kappa shape index (κ3) is 2.11. The van der Waals surface area contributed by atoms with E-state index in [1.807, 2.05) is 0 Å². The lowest BCUT2D eigenvalue weighted by Crippen LogP contribution is -2.11. The number of hydrogen-bond donors (Lipinski definition) is 1. The molecule has 0 saturated carbocycles. The van der Waals surface area contributed by atoms with Crippen molar-refractivity contribution in [2.24, 2.45) is 0 Å². The van der Waals surface area contributed by atoms with Crippen molar-refractivity contribution >= 4 is 16.9 Å². The molecule has 0 bridgehead atoms. The Bertz CT molecular complexity index is 610. The Balaban J connectivity index is 2.72. The molecule has 18 heavy (non-hydrogen) atoms. The van der Waals surface area contributed by atoms with Crippen molar-refractivity contribution in [1.29, 1.82) is 0 Å². The van der Waals surface area contributed by atoms with Crippen LogP contribution >= 0.6 is 0 Å². The molecule has 0 aliphatic carbocycles. The summed E-state index contributed by atoms with van der Waals surface area (Å²) in [6, 6.07) is 5.37. The summed E-state index contributed by atoms with van der Waals surface area (Å²) in [4.78, 5) is 19.7. The van der Waals surface area contributed by atoms with Crippen LogP contribution in [0.4, 0.5) is 0 Å². The minimum absolute atomic E-state index is 0.518. The average molecular weight is 246 g/mol. The second-order valence-corrected chi connectivity index (χ2v) is 4.10. The first-order valence-corrected chi connectivity index (χ1v) is 5.58. The maximum atomic E-state index is 11.1. The van der Waals surface area contributed by atoms with Crippen LogP contribution in [0.5, 0.6) is 5.75 Å². The Hall–Kier alpha value is -2.17. The molecule has 1 unspecified atom stereocenters. The Labute approximate surface area is 104 Å². The minimum atomic E-state index is -0.905. The van der Waals surface area contributed by atoms with Crippen LogP contribution < -0.4 is 4.74 Å². The van der Waals surface area contributed by atoms with Gasteiger partial charge in [-0.1, -0.05) is 0 Å². The van der Waals surface area contributed by atoms with Gasteiger partial charge in [-0.3, -0.25) is 4.79 Å². The lowest BCUT2D eigenvalue weighted by atomic mass is 10.0. The summed E-state index contributed by atoms with van der Waals surface area (Å²) >= 11 is 0. The number of hydrogen-bond acceptors (Lipinski definition) is 4. The third-order valence-corrected chi connectivity index (χ3v) is 2.82. The number of carboxylic acid groups (broad SMARTS) is 1. The zero-order valence-corrected chi connectivity index (χ0v) is 10.5. The Morgan fingerprint density at radius 1 is 1.39 bits per heavy atom. The molecule has 1 atom stereocenters. The number of carbonyl (C=O) groups is 1. The summed E-state index contributed by atoms with van der Waals surface area (Å²) in [5.74, 6) is -0.358. The Kier molecular flexibility index (Phi) is 3.14. The van der Waals surface area contributed by atoms with Gasteiger partial charge in [-0.15, -0.1) is 0 Å². The lowest BCUT2D eigenvalue weighted by molar-refractivity contribution is -0.138. The maximum absolute atomic E-state index is 11.1. The molecular formula is C13H14N2O3. The number of aryl methyl sites for hydroxylation is 1. The van der Waals surface area contributed by atoms with Gasteiger partial charge in [-0.05, 0) is 32.0 Å². The molecule has 5 heteroatoms. The molecule has 5 nitrogen and oxygen atoms in total. The number of carboxylic acids is 1. The normalized spacial score (nSPS) is 12.4. The monoisotopic (exact) mass is 246 g/mol. The third-order valence-electron chi connectivity index (χ3n) is 2.82. The van der Waals surface area contributed by atoms with E-state index in [-0.39, 0.29) is 0 Å². The van der Waals surface area contributed by atoms with E-state index in [0.717, 1.165) is 10.9 Å². The average Bonchev–Trinajstić information content (AvgIpc) is 2.36. The van der Waals surface area contributed by atoms with Crippen molar-refractivity contribution in [2.45, 2.75) is 19.8 Å². The van der Waals surface area contributed by atoms with Crippen LogP contribution in [-0.4, -0.2) is 28.2 Å². The van der Waals surface area contributed by atoms with E-state index in [1.165, 1.54) is 0 Å². The van der Waals surface area contributed by atoms with Crippen LogP contribution in [0, 0.1) is 6.92 Å². The Morgan fingerprint density at radius 3 is 2.72 bits per heavy atom. The number of ether oxygens (including phenoxy) is 1. The van der Waals surface area contributed by atoms with Crippen LogP contribution in [0.3, 0.4) is 0 Å². The SMILES string of the molecule is COc1ccc2nc(C)nc(C(C)C(=O)O)c2c1. The standard InChI is InChI=1S/C13H14N2O3/c1-7(13(16)17)12-10-6-9(18-3)4-5-11(10)14-8(2)15-12/h4-7H,1-3H3,(H,16,17). The summed E-state index contributed by atoms with van der Waals surface area (Å²) < 4.78 is 5.14. The predicted octanol–water partition coefficient (Wildman–Crippen LogP) is 2.13. The largest absolute Gasteiger partial charge is 0.497 e. The van der Waals surface area contributed by atoms with Gasteiger partial charge in [-0.2, -0.15) is 0 Å². The molecular weight excluding hydrogens is 232 g/mol. The van der Waals surface area contributed by atoms with Gasteiger partial charge in [0.1, 0.15) is 11.6 Å². The van der Waals surface area contributed by atoms with Crippen LogP contribution in [0.1, 0.15) is 24.4 Å². The molecule has 0 radical (unpaired) electrons. The van der Waals surface area contributed by atoms with Crippen LogP contribution in [-0.2, 0) is 4.79 Å². The van der Waals surface area contributed by atoms with E-state index in [2.05, 4.69) is 9.97 Å². The van der Waals surface area contributed by atoms with Crippen molar-refractivity contribution in [3.8, 4) is 5.75 Å². The minimum Gasteiger partial charge on any atom is -0.497 e. The first-order chi connectivity index (χ1) is 8.52. The highest BCUT2D eigenvalue weighted by molar-refractivity contribution is 5.87. The predicted molar refractivity (Wildman–Crippen MR) is 66.9 cm³/mol. The Morgan fingerprint density at radius 2 is 2.11 bits per heavy atom. The smallest absolute Gasteiger partial charge is 0.312 e. The summed E-state index contributed by atoms with van der Waals surface area (Å²) in [6.07, 6.45) is 0. The molecule has 0 aliphatic rings. The van der Waals surface area contributed by atoms with Crippen molar-refractivity contribution in [1.82, 2.24) is 9.97 Å². The molecule has 1 heterocycles. The van der Waals surface area contributed by atoms with Gasteiger partial charge < -0.3 is 9.84 Å². The fraction of sp³-hybridized carbons (Fsp3) is 0.308. The molecule has 2 aromatic rings. The summed E-state index contributed by atoms with van der Waals surface area (Å²) in [5, 5.41) is 9.84. The zero-order valence-electron chi connectivity index (χ0n) is 10.5. The van der Waals surface area contributed by atoms with Crippen LogP contribution in [0.2, 0.25) is 0 Å². The highest BCUT2D eigenvalue weighted by atomic mass is 16.5. The maximum Gasteiger partial charge on any atom is 0.312 e. The zero-order chi connectivity index (χ0) is 13.3. The summed E-state index contributed by atoms with van der Waals surface area (Å²) in [7, 11) is 1.57. The number of nitrogens with zero attached hydrogens (tertiary/aromatic N) is 2. The molecule has 1 aromatic heterocycles. The second-order valence-electron chi connectivity index (χ2n) is 4.10. The van der Waals surface area contributed by atoms with E-state index < -0.39 is 11.9 Å². The fourth-order valence-electron chi connectivity index (χ4n) is 1.83. The van der Waals surface area contributed by atoms with Crippen molar-refractivity contribution in [2.75, 3.05) is 7.11 Å². The number of benzene rings is 1. The number of aromatic nitrogens is 2. The first-order valence-electron chi connectivity index (χ1n) is 5.58. The van der Waals surface area contributed by atoms with Gasteiger partial charge in [0.05, 0.1) is 24.2 Å². The van der Waals surface area contributed by atoms with Crippen LogP contribution in [0.15, 0.2) is 18.2 Å². The van der Waals surface area contributed by atoms with E-state index >= 15 is 0 Å². The van der Waals surface area contributed by atoms with E-state index in [4.69, 9.17) is 9.84 Å². The first kappa shape index (κ1) is 12.3. The van der Waals surface area contributed by atoms with Gasteiger partial charge in [0.2, 0.25) is 0 Å². The molecule has 0 fully saturated rings. The molecule has 0 spiro atoms. The lowest BCUT2D eigenvalue weighted by Gasteiger charge is -2.11. The van der Waals surface area contributed by atoms with Gasteiger partial charge >= 0.3 is 5.97 Å². The van der Waals surface area contributed by atoms with E-state index in [1.54, 1.807) is 39.2 Å². The molecule has 0 aliphatic heterocycles. The highest BCUT2D eigenvalue weighted by Gasteiger charge is 2.19. The quantitative estimate of drug-likeness (QED) is 0.898. The molecule has 94 valence electrons. The number of methoxy groups -OCH3 is 1. The number of aliphatic carboxylic acids is 1. The van der Waals surface area contributed by atoms with Gasteiger partial charge in [0, 0.05) is 5.39 Å². The molecule has 2 rings (SSSR count).